The molecule has 0 fully saturated rings. The molecule has 1 aromatic heterocycles. The Morgan fingerprint density at radius 2 is 1.76 bits per heavy atom. The molecule has 3 rings (SSSR count). The highest BCUT2D eigenvalue weighted by molar-refractivity contribution is 6.38. The smallest absolute Gasteiger partial charge is 0.198 e. The minimum atomic E-state index is 0.0131. The van der Waals surface area contributed by atoms with E-state index >= 15 is 0 Å². The highest BCUT2D eigenvalue weighted by Gasteiger charge is 2.10. The number of nitrogens with one attached hydrogen (secondary N) is 1. The van der Waals surface area contributed by atoms with Gasteiger partial charge in [0, 0.05) is 22.1 Å². The number of aliphatic imine (C=N–C) groups is 1. The number of hydrogen-bond acceptors (Lipinski definition) is 2. The lowest BCUT2D eigenvalue weighted by atomic mass is 10.2. The Labute approximate surface area is 135 Å². The number of H-pyrrole nitrogens is 1. The maximum Gasteiger partial charge on any atom is 0.198 e. The molecule has 0 radical (unpaired) electrons. The van der Waals surface area contributed by atoms with Gasteiger partial charge in [-0.15, -0.1) is 0 Å². The van der Waals surface area contributed by atoms with E-state index in [1.807, 2.05) is 0 Å². The van der Waals surface area contributed by atoms with Gasteiger partial charge in [0.25, 0.3) is 0 Å². The van der Waals surface area contributed by atoms with Crippen molar-refractivity contribution in [3.05, 3.63) is 57.0 Å². The van der Waals surface area contributed by atoms with Gasteiger partial charge in [-0.05, 0) is 30.3 Å². The van der Waals surface area contributed by atoms with E-state index in [1.165, 1.54) is 6.21 Å². The molecule has 0 bridgehead atoms. The van der Waals surface area contributed by atoms with Crippen molar-refractivity contribution in [2.45, 2.75) is 0 Å². The van der Waals surface area contributed by atoms with Crippen LogP contribution in [0.1, 0.15) is 5.56 Å². The van der Waals surface area contributed by atoms with Crippen LogP contribution in [0.2, 0.25) is 15.1 Å². The zero-order valence-corrected chi connectivity index (χ0v) is 12.8. The maximum atomic E-state index is 9.99. The molecule has 0 aliphatic rings. The maximum absolute atomic E-state index is 9.99. The van der Waals surface area contributed by atoms with E-state index in [4.69, 9.17) is 34.8 Å². The van der Waals surface area contributed by atoms with Crippen LogP contribution in [0, 0.1) is 0 Å². The summed E-state index contributed by atoms with van der Waals surface area (Å²) in [5.74, 6) is 0.0131. The molecule has 0 atom stereocenters. The summed E-state index contributed by atoms with van der Waals surface area (Å²) in [4.78, 5) is 7.14. The highest BCUT2D eigenvalue weighted by atomic mass is 35.5. The van der Waals surface area contributed by atoms with Gasteiger partial charge in [0.05, 0.1) is 15.6 Å². The molecule has 1 heterocycles. The van der Waals surface area contributed by atoms with E-state index in [1.54, 1.807) is 36.4 Å². The zero-order valence-electron chi connectivity index (χ0n) is 10.6. The van der Waals surface area contributed by atoms with E-state index in [0.717, 1.165) is 10.9 Å². The van der Waals surface area contributed by atoms with Crippen molar-refractivity contribution in [3.63, 3.8) is 0 Å². The third kappa shape index (κ3) is 2.72. The molecule has 2 N–H and O–H groups in total. The lowest BCUT2D eigenvalue weighted by Crippen LogP contribution is -1.80. The molecule has 0 aliphatic heterocycles. The number of benzene rings is 2. The van der Waals surface area contributed by atoms with Crippen LogP contribution in [0.15, 0.2) is 41.4 Å². The Morgan fingerprint density at radius 3 is 2.48 bits per heavy atom. The SMILES string of the molecule is Oc1[nH]c2ccc(Cl)cc2c1C=Nc1c(Cl)cccc1Cl. The molecule has 0 amide bonds. The molecule has 3 nitrogen and oxygen atoms in total. The Bertz CT molecular complexity index is 835. The topological polar surface area (TPSA) is 48.4 Å². The summed E-state index contributed by atoms with van der Waals surface area (Å²) in [6.45, 7) is 0. The molecule has 0 saturated heterocycles. The van der Waals surface area contributed by atoms with Crippen LogP contribution < -0.4 is 0 Å². The van der Waals surface area contributed by atoms with Gasteiger partial charge in [-0.2, -0.15) is 0 Å². The third-order valence-electron chi connectivity index (χ3n) is 3.04. The van der Waals surface area contributed by atoms with Crippen LogP contribution in [0.4, 0.5) is 5.69 Å². The first-order chi connectivity index (χ1) is 10.1. The molecule has 2 aromatic carbocycles. The predicted molar refractivity (Wildman–Crippen MR) is 88.7 cm³/mol. The Morgan fingerprint density at radius 1 is 1.05 bits per heavy atom. The molecule has 0 saturated carbocycles. The lowest BCUT2D eigenvalue weighted by molar-refractivity contribution is 0.457. The van der Waals surface area contributed by atoms with Crippen molar-refractivity contribution < 1.29 is 5.11 Å². The third-order valence-corrected chi connectivity index (χ3v) is 3.89. The fraction of sp³-hybridized carbons (Fsp3) is 0. The standard InChI is InChI=1S/C15H9Cl3N2O/c16-8-4-5-13-9(6-8)10(15(21)20-13)7-19-14-11(17)2-1-3-12(14)18/h1-7,20-21H. The molecule has 6 heteroatoms. The number of aromatic hydroxyl groups is 1. The summed E-state index contributed by atoms with van der Waals surface area (Å²) < 4.78 is 0. The molecular formula is C15H9Cl3N2O. The number of para-hydroxylation sites is 1. The van der Waals surface area contributed by atoms with Crippen molar-refractivity contribution in [3.8, 4) is 5.88 Å². The van der Waals surface area contributed by atoms with Crippen LogP contribution >= 0.6 is 34.8 Å². The van der Waals surface area contributed by atoms with Crippen molar-refractivity contribution >= 4 is 57.6 Å². The van der Waals surface area contributed by atoms with E-state index < -0.39 is 0 Å². The predicted octanol–water partition coefficient (Wildman–Crippen LogP) is 5.58. The fourth-order valence-corrected chi connectivity index (χ4v) is 2.71. The van der Waals surface area contributed by atoms with Crippen molar-refractivity contribution in [2.24, 2.45) is 4.99 Å². The summed E-state index contributed by atoms with van der Waals surface area (Å²) in [7, 11) is 0. The Hall–Kier alpha value is -1.68. The molecule has 0 aliphatic carbocycles. The van der Waals surface area contributed by atoms with E-state index in [2.05, 4.69) is 9.98 Å². The van der Waals surface area contributed by atoms with Gasteiger partial charge in [-0.1, -0.05) is 40.9 Å². The van der Waals surface area contributed by atoms with Crippen LogP contribution in [-0.2, 0) is 0 Å². The summed E-state index contributed by atoms with van der Waals surface area (Å²) in [6.07, 6.45) is 1.51. The number of aromatic nitrogens is 1. The number of aromatic amines is 1. The number of halogens is 3. The summed E-state index contributed by atoms with van der Waals surface area (Å²) in [5.41, 5.74) is 1.75. The Balaban J connectivity index is 2.11. The summed E-state index contributed by atoms with van der Waals surface area (Å²) >= 11 is 18.1. The second-order valence-corrected chi connectivity index (χ2v) is 5.66. The first-order valence-electron chi connectivity index (χ1n) is 6.04. The van der Waals surface area contributed by atoms with Crippen LogP contribution in [0.3, 0.4) is 0 Å². The zero-order chi connectivity index (χ0) is 15.0. The molecule has 0 unspecified atom stereocenters. The van der Waals surface area contributed by atoms with Crippen LogP contribution in [0.25, 0.3) is 10.9 Å². The van der Waals surface area contributed by atoms with Gasteiger partial charge in [0.1, 0.15) is 5.69 Å². The second kappa shape index (κ2) is 5.60. The van der Waals surface area contributed by atoms with Gasteiger partial charge < -0.3 is 10.1 Å². The van der Waals surface area contributed by atoms with Gasteiger partial charge >= 0.3 is 0 Å². The van der Waals surface area contributed by atoms with Crippen LogP contribution in [-0.4, -0.2) is 16.3 Å². The minimum absolute atomic E-state index is 0.0131. The first kappa shape index (κ1) is 14.3. The van der Waals surface area contributed by atoms with Gasteiger partial charge in [0.15, 0.2) is 5.88 Å². The monoisotopic (exact) mass is 338 g/mol. The first-order valence-corrected chi connectivity index (χ1v) is 7.18. The van der Waals surface area contributed by atoms with Crippen molar-refractivity contribution in [1.82, 2.24) is 4.98 Å². The quantitative estimate of drug-likeness (QED) is 0.588. The molecular weight excluding hydrogens is 331 g/mol. The minimum Gasteiger partial charge on any atom is -0.494 e. The van der Waals surface area contributed by atoms with Crippen molar-refractivity contribution in [1.29, 1.82) is 0 Å². The Kier molecular flexibility index (Phi) is 3.81. The molecule has 106 valence electrons. The summed E-state index contributed by atoms with van der Waals surface area (Å²) in [5, 5.41) is 12.2. The molecule has 21 heavy (non-hydrogen) atoms. The van der Waals surface area contributed by atoms with E-state index in [0.29, 0.717) is 26.3 Å². The van der Waals surface area contributed by atoms with Gasteiger partial charge in [0.2, 0.25) is 0 Å². The normalized spacial score (nSPS) is 11.6. The number of fused-ring (bicyclic) bond motifs is 1. The average molecular weight is 340 g/mol. The van der Waals surface area contributed by atoms with Crippen molar-refractivity contribution in [2.75, 3.05) is 0 Å². The average Bonchev–Trinajstić information content (AvgIpc) is 2.74. The fourth-order valence-electron chi connectivity index (χ4n) is 2.04. The highest BCUT2D eigenvalue weighted by Crippen LogP contribution is 2.34. The number of hydrogen-bond donors (Lipinski definition) is 2. The van der Waals surface area contributed by atoms with Gasteiger partial charge in [-0.3, -0.25) is 4.99 Å². The van der Waals surface area contributed by atoms with Gasteiger partial charge in [-0.25, -0.2) is 0 Å². The lowest BCUT2D eigenvalue weighted by Gasteiger charge is -2.00. The summed E-state index contributed by atoms with van der Waals surface area (Å²) in [6, 6.07) is 10.4. The van der Waals surface area contributed by atoms with Crippen LogP contribution in [0.5, 0.6) is 5.88 Å². The molecule has 3 aromatic rings. The number of rotatable bonds is 2. The second-order valence-electron chi connectivity index (χ2n) is 4.41. The molecule has 0 spiro atoms. The number of nitrogens with zero attached hydrogens (tertiary/aromatic N) is 1. The van der Waals surface area contributed by atoms with E-state index in [9.17, 15) is 5.11 Å². The largest absolute Gasteiger partial charge is 0.494 e. The van der Waals surface area contributed by atoms with E-state index in [-0.39, 0.29) is 5.88 Å².